The molecule has 17 nitrogen and oxygen atoms in total. The molecule has 5 aromatic carbocycles. The van der Waals surface area contributed by atoms with Crippen molar-refractivity contribution < 1.29 is 61.1 Å². The highest BCUT2D eigenvalue weighted by molar-refractivity contribution is 8.13. The number of nitrogens with two attached hydrogens (primary N) is 2. The standard InChI is InChI=1S/C23H21F3N4O2S.C13H9F3N4.C10H13ClO2S.C9H9N3.C4H2F3NO.CH4/c1-22(2,3)15-9-11-16(12-10-15)33(31,32)29-21-14-20(23(24,25)26)28-30(21)19-8-4-7-18-17(19)6-5-13-27-18;14-13(15,16)11-7-12(17)20(19-11)10-5-1-4-9-8(10)3-2-6-18-9;1-10(2,3)8-4-6-9(7-5-8)14(11,12)13;10-12-9-5-1-4-8-7(9)3-2-6-11-8;5-4(6,7)3(9)1-2-8;/h4-14,29H,1-3H3;1-7H,17H2;4-7H,1-3H3;1-6,12H,10H2;1H2;1H4. The molecule has 470 valence electrons. The number of pyridine rings is 3. The maximum Gasteiger partial charge on any atom is 0.451 e. The molecule has 0 aliphatic rings. The normalized spacial score (nSPS) is 11.9. The largest absolute Gasteiger partial charge is 0.451 e. The monoisotopic (exact) mass is 1300 g/mol. The van der Waals surface area contributed by atoms with E-state index in [1.165, 1.54) is 24.3 Å². The van der Waals surface area contributed by atoms with Crippen LogP contribution in [-0.2, 0) is 47.1 Å². The Balaban J connectivity index is 0.000000220. The third-order valence-electron chi connectivity index (χ3n) is 12.4. The van der Waals surface area contributed by atoms with Gasteiger partial charge in [-0.3, -0.25) is 30.3 Å². The zero-order chi connectivity index (χ0) is 65.2. The number of carbonyl (C=O) groups is 1. The number of nitrogen functional groups attached to an aromatic ring is 2. The van der Waals surface area contributed by atoms with Crippen LogP contribution in [0.25, 0.3) is 44.1 Å². The van der Waals surface area contributed by atoms with Crippen molar-refractivity contribution in [3.8, 4) is 17.4 Å². The second kappa shape index (κ2) is 28.3. The van der Waals surface area contributed by atoms with Crippen molar-refractivity contribution in [2.75, 3.05) is 15.9 Å². The molecule has 0 fully saturated rings. The summed E-state index contributed by atoms with van der Waals surface area (Å²) in [4.78, 5) is 22.3. The number of halogens is 10. The molecule has 5 aromatic heterocycles. The first-order valence-corrected chi connectivity index (χ1v) is 29.5. The highest BCUT2D eigenvalue weighted by Crippen LogP contribution is 2.35. The lowest BCUT2D eigenvalue weighted by molar-refractivity contribution is -0.169. The summed E-state index contributed by atoms with van der Waals surface area (Å²) in [5.74, 6) is 2.93. The van der Waals surface area contributed by atoms with E-state index < -0.39 is 61.2 Å². The number of nitriles is 1. The van der Waals surface area contributed by atoms with Crippen LogP contribution in [0.2, 0.25) is 0 Å². The minimum absolute atomic E-state index is 0. The fourth-order valence-electron chi connectivity index (χ4n) is 7.90. The van der Waals surface area contributed by atoms with Crippen molar-refractivity contribution in [3.63, 3.8) is 0 Å². The van der Waals surface area contributed by atoms with Gasteiger partial charge in [-0.15, -0.1) is 0 Å². The summed E-state index contributed by atoms with van der Waals surface area (Å²) in [6.45, 7) is 12.2. The van der Waals surface area contributed by atoms with Crippen molar-refractivity contribution >= 4 is 85.6 Å². The van der Waals surface area contributed by atoms with Crippen LogP contribution in [0.4, 0.5) is 56.8 Å². The molecule has 10 rings (SSSR count). The summed E-state index contributed by atoms with van der Waals surface area (Å²) < 4.78 is 164. The quantitative estimate of drug-likeness (QED) is 0.0477. The number of ketones is 1. The van der Waals surface area contributed by atoms with Gasteiger partial charge in [0.05, 0.1) is 49.5 Å². The highest BCUT2D eigenvalue weighted by Gasteiger charge is 2.38. The first kappa shape index (κ1) is 70.6. The molecule has 0 radical (unpaired) electrons. The van der Waals surface area contributed by atoms with Gasteiger partial charge in [-0.05, 0) is 119 Å². The Morgan fingerprint density at radius 1 is 0.573 bits per heavy atom. The van der Waals surface area contributed by atoms with Crippen molar-refractivity contribution in [2.24, 2.45) is 5.84 Å². The number of hydrogen-bond acceptors (Lipinski definition) is 14. The molecule has 89 heavy (non-hydrogen) atoms. The summed E-state index contributed by atoms with van der Waals surface area (Å²) in [5, 5.41) is 17.1. The van der Waals surface area contributed by atoms with Crippen LogP contribution in [-0.4, -0.2) is 63.3 Å². The molecule has 0 bridgehead atoms. The van der Waals surface area contributed by atoms with E-state index >= 15 is 0 Å². The number of rotatable bonds is 8. The Labute approximate surface area is 510 Å². The van der Waals surface area contributed by atoms with E-state index in [0.717, 1.165) is 49.2 Å². The maximum atomic E-state index is 13.5. The van der Waals surface area contributed by atoms with E-state index in [2.05, 4.69) is 56.1 Å². The van der Waals surface area contributed by atoms with Crippen molar-refractivity contribution in [1.29, 1.82) is 5.26 Å². The zero-order valence-electron chi connectivity index (χ0n) is 47.2. The molecule has 0 unspecified atom stereocenters. The lowest BCUT2D eigenvalue weighted by atomic mass is 9.87. The van der Waals surface area contributed by atoms with E-state index in [0.29, 0.717) is 33.6 Å². The molecule has 0 saturated carbocycles. The van der Waals surface area contributed by atoms with Gasteiger partial charge in [-0.25, -0.2) is 26.2 Å². The Morgan fingerprint density at radius 3 is 1.37 bits per heavy atom. The third kappa shape index (κ3) is 18.7. The number of aromatic nitrogens is 7. The SMILES string of the molecule is C.CC(C)(C)c1ccc(S(=O)(=O)Cl)cc1.CC(C)(C)c1ccc(S(=O)(=O)Nc2cc(C(F)(F)F)nn2-c2cccc3ncccc23)cc1.N#CCC(=O)C(F)(F)F.NNc1cccc2ncccc12.Nc1cc(C(F)(F)F)nn1-c1cccc2ncccc12. The molecule has 6 N–H and O–H groups in total. The van der Waals surface area contributed by atoms with Gasteiger partial charge in [0, 0.05) is 57.6 Å². The summed E-state index contributed by atoms with van der Waals surface area (Å²) >= 11 is 0. The molecule has 0 saturated heterocycles. The van der Waals surface area contributed by atoms with Crippen LogP contribution < -0.4 is 21.7 Å². The zero-order valence-corrected chi connectivity index (χ0v) is 49.6. The first-order chi connectivity index (χ1) is 40.9. The average Bonchev–Trinajstić information content (AvgIpc) is 2.57. The number of benzene rings is 5. The van der Waals surface area contributed by atoms with Crippen LogP contribution in [0.15, 0.2) is 180 Å². The predicted molar refractivity (Wildman–Crippen MR) is 324 cm³/mol. The van der Waals surface area contributed by atoms with Gasteiger partial charge in [-0.1, -0.05) is 91.4 Å². The van der Waals surface area contributed by atoms with E-state index in [9.17, 15) is 61.1 Å². The fourth-order valence-corrected chi connectivity index (χ4v) is 9.70. The summed E-state index contributed by atoms with van der Waals surface area (Å²) in [7, 11) is -2.58. The van der Waals surface area contributed by atoms with Crippen molar-refractivity contribution in [2.45, 2.75) is 94.5 Å². The number of hydrogen-bond donors (Lipinski definition) is 4. The van der Waals surface area contributed by atoms with Crippen LogP contribution in [0.3, 0.4) is 0 Å². The van der Waals surface area contributed by atoms with Gasteiger partial charge in [0.15, 0.2) is 11.4 Å². The van der Waals surface area contributed by atoms with Gasteiger partial charge < -0.3 is 11.2 Å². The molecule has 10 aromatic rings. The molecular formula is C60H58ClF9N12O5S2. The summed E-state index contributed by atoms with van der Waals surface area (Å²) in [5.41, 5.74) is 11.7. The van der Waals surface area contributed by atoms with Gasteiger partial charge in [0.2, 0.25) is 5.78 Å². The topological polar surface area (TPSA) is 260 Å². The third-order valence-corrected chi connectivity index (χ3v) is 15.1. The number of Topliss-reactive ketones (excluding diaryl/α,β-unsaturated/α-hetero) is 1. The van der Waals surface area contributed by atoms with Crippen LogP contribution in [0.1, 0.15) is 77.9 Å². The van der Waals surface area contributed by atoms with E-state index in [4.69, 9.17) is 27.5 Å². The first-order valence-electron chi connectivity index (χ1n) is 25.7. The van der Waals surface area contributed by atoms with Gasteiger partial charge >= 0.3 is 18.5 Å². The minimum Gasteiger partial charge on any atom is -0.384 e. The number of fused-ring (bicyclic) bond motifs is 3. The van der Waals surface area contributed by atoms with E-state index in [1.54, 1.807) is 104 Å². The maximum absolute atomic E-state index is 13.5. The molecule has 0 aliphatic carbocycles. The Hall–Kier alpha value is -9.17. The minimum atomic E-state index is -4.85. The molecule has 0 atom stereocenters. The number of hydrazine groups is 1. The number of sulfonamides is 1. The lowest BCUT2D eigenvalue weighted by Gasteiger charge is -2.19. The van der Waals surface area contributed by atoms with Crippen LogP contribution >= 0.6 is 10.7 Å². The number of carbonyl (C=O) groups excluding carboxylic acids is 1. The lowest BCUT2D eigenvalue weighted by Crippen LogP contribution is -2.21. The molecule has 29 heteroatoms. The Kier molecular flexibility index (Phi) is 22.5. The molecule has 0 aliphatic heterocycles. The smallest absolute Gasteiger partial charge is 0.384 e. The van der Waals surface area contributed by atoms with Crippen molar-refractivity contribution in [3.05, 3.63) is 193 Å². The summed E-state index contributed by atoms with van der Waals surface area (Å²) in [6.07, 6.45) is -10.3. The number of anilines is 3. The second-order valence-electron chi connectivity index (χ2n) is 20.8. The van der Waals surface area contributed by atoms with Crippen molar-refractivity contribution in [1.82, 2.24) is 34.5 Å². The molecule has 5 heterocycles. The average molecular weight is 1300 g/mol. The number of nitrogens with one attached hydrogen (secondary N) is 2. The Bertz CT molecular complexity index is 4340. The highest BCUT2D eigenvalue weighted by atomic mass is 35.7. The Morgan fingerprint density at radius 2 is 0.978 bits per heavy atom. The molecular weight excluding hydrogens is 1240 g/mol. The van der Waals surface area contributed by atoms with Crippen LogP contribution in [0, 0.1) is 11.3 Å². The van der Waals surface area contributed by atoms with E-state index in [-0.39, 0.29) is 45.4 Å². The van der Waals surface area contributed by atoms with E-state index in [1.807, 2.05) is 51.1 Å². The number of nitrogens with zero attached hydrogens (tertiary/aromatic N) is 8. The molecule has 0 spiro atoms. The van der Waals surface area contributed by atoms with Gasteiger partial charge in [0.1, 0.15) is 18.1 Å². The van der Waals surface area contributed by atoms with Crippen LogP contribution in [0.5, 0.6) is 0 Å². The van der Waals surface area contributed by atoms with Gasteiger partial charge in [-0.2, -0.15) is 55.0 Å². The predicted octanol–water partition coefficient (Wildman–Crippen LogP) is 14.7. The second-order valence-corrected chi connectivity index (χ2v) is 25.0. The molecule has 0 amide bonds. The van der Waals surface area contributed by atoms with Gasteiger partial charge in [0.25, 0.3) is 19.1 Å². The number of alkyl halides is 9. The fraction of sp³-hybridized carbons (Fsp3) is 0.217. The summed E-state index contributed by atoms with van der Waals surface area (Å²) in [6, 6.07) is 41.9.